The minimum absolute atomic E-state index is 0.0522. The summed E-state index contributed by atoms with van der Waals surface area (Å²) in [6.07, 6.45) is 2.35. The second kappa shape index (κ2) is 9.87. The first-order valence-electron chi connectivity index (χ1n) is 11.9. The van der Waals surface area contributed by atoms with Crippen molar-refractivity contribution in [3.8, 4) is 11.1 Å². The lowest BCUT2D eigenvalue weighted by molar-refractivity contribution is -0.143. The third-order valence-corrected chi connectivity index (χ3v) is 7.01. The van der Waals surface area contributed by atoms with Crippen molar-refractivity contribution in [2.24, 2.45) is 11.8 Å². The van der Waals surface area contributed by atoms with E-state index < -0.39 is 17.6 Å². The van der Waals surface area contributed by atoms with Crippen molar-refractivity contribution in [1.29, 1.82) is 0 Å². The monoisotopic (exact) mass is 464 g/mol. The first-order valence-corrected chi connectivity index (χ1v) is 11.9. The highest BCUT2D eigenvalue weighted by atomic mass is 16.5. The van der Waals surface area contributed by atoms with Crippen LogP contribution in [0, 0.1) is 11.8 Å². The number of ether oxygens (including phenoxy) is 1. The number of fused-ring (bicyclic) bond motifs is 3. The average molecular weight is 465 g/mol. The Morgan fingerprint density at radius 1 is 1.00 bits per heavy atom. The van der Waals surface area contributed by atoms with Gasteiger partial charge in [0, 0.05) is 12.5 Å². The Bertz CT molecular complexity index is 1030. The maximum Gasteiger partial charge on any atom is 0.408 e. The molecule has 2 amide bonds. The van der Waals surface area contributed by atoms with Crippen molar-refractivity contribution in [1.82, 2.24) is 10.6 Å². The fraction of sp³-hybridized carbons (Fsp3) is 0.444. The molecule has 0 aromatic heterocycles. The quantitative estimate of drug-likeness (QED) is 0.566. The highest BCUT2D eigenvalue weighted by Crippen LogP contribution is 2.44. The number of aliphatic carboxylic acids is 1. The van der Waals surface area contributed by atoms with Crippen LogP contribution in [0.3, 0.4) is 0 Å². The number of nitrogens with one attached hydrogen (secondary N) is 2. The largest absolute Gasteiger partial charge is 0.481 e. The number of amides is 2. The maximum atomic E-state index is 12.7. The van der Waals surface area contributed by atoms with Crippen LogP contribution in [0.15, 0.2) is 48.5 Å². The highest BCUT2D eigenvalue weighted by Gasteiger charge is 2.33. The number of alkyl carbamates (subject to hydrolysis) is 1. The number of benzene rings is 2. The summed E-state index contributed by atoms with van der Waals surface area (Å²) < 4.78 is 5.57. The van der Waals surface area contributed by atoms with Crippen molar-refractivity contribution >= 4 is 18.0 Å². The van der Waals surface area contributed by atoms with Gasteiger partial charge in [0.05, 0.1) is 5.92 Å². The Labute approximate surface area is 199 Å². The molecule has 2 aliphatic rings. The second-order valence-electron chi connectivity index (χ2n) is 9.85. The maximum absolute atomic E-state index is 12.7. The fourth-order valence-electron chi connectivity index (χ4n) is 5.11. The van der Waals surface area contributed by atoms with E-state index in [1.165, 1.54) is 0 Å². The van der Waals surface area contributed by atoms with Gasteiger partial charge in [0.2, 0.25) is 5.91 Å². The van der Waals surface area contributed by atoms with Crippen LogP contribution in [0.5, 0.6) is 0 Å². The standard InChI is InChI=1S/C27H32N2O5/c1-27(2,25(32)28-15-17-8-7-9-18(14-17)24(30)31)29-26(33)34-16-23-21-12-5-3-10-19(21)20-11-4-6-13-22(20)23/h3-6,10-13,17-18,23H,7-9,14-16H2,1-2H3,(H,28,32)(H,29,33)(H,30,31). The van der Waals surface area contributed by atoms with Gasteiger partial charge >= 0.3 is 12.1 Å². The van der Waals surface area contributed by atoms with Gasteiger partial charge in [-0.25, -0.2) is 4.79 Å². The molecular weight excluding hydrogens is 432 g/mol. The third-order valence-electron chi connectivity index (χ3n) is 7.01. The van der Waals surface area contributed by atoms with Crippen LogP contribution in [0.25, 0.3) is 11.1 Å². The minimum atomic E-state index is -1.16. The van der Waals surface area contributed by atoms with Gasteiger partial charge in [-0.15, -0.1) is 0 Å². The molecule has 7 heteroatoms. The van der Waals surface area contributed by atoms with E-state index in [0.717, 1.165) is 35.1 Å². The predicted octanol–water partition coefficient (Wildman–Crippen LogP) is 4.31. The first-order chi connectivity index (χ1) is 16.3. The highest BCUT2D eigenvalue weighted by molar-refractivity contribution is 5.89. The summed E-state index contributed by atoms with van der Waals surface area (Å²) in [5.74, 6) is -1.36. The molecule has 2 unspecified atom stereocenters. The Morgan fingerprint density at radius 2 is 1.62 bits per heavy atom. The number of carbonyl (C=O) groups excluding carboxylic acids is 2. The molecule has 0 aliphatic heterocycles. The number of hydrogen-bond donors (Lipinski definition) is 3. The molecular formula is C27H32N2O5. The molecule has 0 saturated heterocycles. The van der Waals surface area contributed by atoms with Crippen molar-refractivity contribution in [3.63, 3.8) is 0 Å². The van der Waals surface area contributed by atoms with E-state index in [0.29, 0.717) is 19.4 Å². The van der Waals surface area contributed by atoms with Gasteiger partial charge in [-0.1, -0.05) is 55.0 Å². The number of hydrogen-bond acceptors (Lipinski definition) is 4. The zero-order valence-electron chi connectivity index (χ0n) is 19.7. The number of carboxylic acids is 1. The van der Waals surface area contributed by atoms with E-state index in [-0.39, 0.29) is 30.3 Å². The second-order valence-corrected chi connectivity index (χ2v) is 9.85. The molecule has 180 valence electrons. The molecule has 34 heavy (non-hydrogen) atoms. The zero-order valence-corrected chi connectivity index (χ0v) is 19.7. The molecule has 0 heterocycles. The first kappa shape index (κ1) is 23.8. The summed E-state index contributed by atoms with van der Waals surface area (Å²) in [4.78, 5) is 36.6. The average Bonchev–Trinajstić information content (AvgIpc) is 3.15. The molecule has 1 saturated carbocycles. The predicted molar refractivity (Wildman–Crippen MR) is 128 cm³/mol. The van der Waals surface area contributed by atoms with Crippen LogP contribution in [0.2, 0.25) is 0 Å². The molecule has 7 nitrogen and oxygen atoms in total. The van der Waals surface area contributed by atoms with Gasteiger partial charge in [-0.3, -0.25) is 9.59 Å². The minimum Gasteiger partial charge on any atom is -0.481 e. The van der Waals surface area contributed by atoms with Crippen molar-refractivity contribution in [2.45, 2.75) is 51.0 Å². The molecule has 0 radical (unpaired) electrons. The molecule has 2 atom stereocenters. The fourth-order valence-corrected chi connectivity index (χ4v) is 5.11. The van der Waals surface area contributed by atoms with E-state index in [4.69, 9.17) is 4.74 Å². The summed E-state index contributed by atoms with van der Waals surface area (Å²) in [6.45, 7) is 3.84. The third kappa shape index (κ3) is 5.08. The zero-order chi connectivity index (χ0) is 24.3. The van der Waals surface area contributed by atoms with E-state index in [1.807, 2.05) is 24.3 Å². The van der Waals surface area contributed by atoms with Gasteiger partial charge < -0.3 is 20.5 Å². The molecule has 2 aromatic rings. The smallest absolute Gasteiger partial charge is 0.408 e. The summed E-state index contributed by atoms with van der Waals surface area (Å²) >= 11 is 0. The van der Waals surface area contributed by atoms with Crippen LogP contribution in [-0.2, 0) is 14.3 Å². The van der Waals surface area contributed by atoms with Crippen LogP contribution in [0.1, 0.15) is 56.6 Å². The summed E-state index contributed by atoms with van der Waals surface area (Å²) in [5, 5.41) is 14.8. The topological polar surface area (TPSA) is 105 Å². The SMILES string of the molecule is CC(C)(NC(=O)OCC1c2ccccc2-c2ccccc21)C(=O)NCC1CCCC(C(=O)O)C1. The Hall–Kier alpha value is -3.35. The van der Waals surface area contributed by atoms with Crippen molar-refractivity contribution in [3.05, 3.63) is 59.7 Å². The van der Waals surface area contributed by atoms with Gasteiger partial charge in [0.25, 0.3) is 0 Å². The Kier molecular flexibility index (Phi) is 6.91. The van der Waals surface area contributed by atoms with E-state index in [2.05, 4.69) is 34.9 Å². The van der Waals surface area contributed by atoms with Gasteiger partial charge in [-0.2, -0.15) is 0 Å². The molecule has 0 bridgehead atoms. The molecule has 2 aliphatic carbocycles. The Balaban J connectivity index is 1.30. The van der Waals surface area contributed by atoms with Crippen LogP contribution in [-0.4, -0.2) is 41.8 Å². The molecule has 1 fully saturated rings. The van der Waals surface area contributed by atoms with Gasteiger partial charge in [-0.05, 0) is 61.3 Å². The van der Waals surface area contributed by atoms with Crippen molar-refractivity contribution < 1.29 is 24.2 Å². The molecule has 3 N–H and O–H groups in total. The summed E-state index contributed by atoms with van der Waals surface area (Å²) in [5.41, 5.74) is 3.39. The number of carboxylic acid groups (broad SMARTS) is 1. The van der Waals surface area contributed by atoms with E-state index in [9.17, 15) is 19.5 Å². The number of rotatable bonds is 7. The van der Waals surface area contributed by atoms with Crippen LogP contribution < -0.4 is 10.6 Å². The van der Waals surface area contributed by atoms with Gasteiger partial charge in [0.15, 0.2) is 0 Å². The molecule has 2 aromatic carbocycles. The van der Waals surface area contributed by atoms with Crippen LogP contribution >= 0.6 is 0 Å². The van der Waals surface area contributed by atoms with Crippen LogP contribution in [0.4, 0.5) is 4.79 Å². The van der Waals surface area contributed by atoms with E-state index >= 15 is 0 Å². The lowest BCUT2D eigenvalue weighted by Gasteiger charge is -2.29. The lowest BCUT2D eigenvalue weighted by Crippen LogP contribution is -2.55. The summed E-state index contributed by atoms with van der Waals surface area (Å²) in [6, 6.07) is 16.2. The number of carbonyl (C=O) groups is 3. The van der Waals surface area contributed by atoms with Crippen molar-refractivity contribution in [2.75, 3.05) is 13.2 Å². The lowest BCUT2D eigenvalue weighted by atomic mass is 9.81. The van der Waals surface area contributed by atoms with Gasteiger partial charge in [0.1, 0.15) is 12.1 Å². The normalized spacial score (nSPS) is 19.6. The molecule has 0 spiro atoms. The Morgan fingerprint density at radius 3 is 2.24 bits per heavy atom. The summed E-state index contributed by atoms with van der Waals surface area (Å²) in [7, 11) is 0. The van der Waals surface area contributed by atoms with E-state index in [1.54, 1.807) is 13.8 Å². The molecule has 4 rings (SSSR count).